The number of fused-ring (bicyclic) bond motifs is 1. The smallest absolute Gasteiger partial charge is 0.269 e. The molecule has 3 heterocycles. The third kappa shape index (κ3) is 3.44. The van der Waals surface area contributed by atoms with Crippen LogP contribution in [0, 0.1) is 0 Å². The highest BCUT2D eigenvalue weighted by Crippen LogP contribution is 2.17. The molecule has 0 atom stereocenters. The molecule has 2 aromatic heterocycles. The van der Waals surface area contributed by atoms with E-state index in [-0.39, 0.29) is 24.6 Å². The number of carbonyl (C=O) groups excluding carboxylic acids is 1. The van der Waals surface area contributed by atoms with Crippen molar-refractivity contribution in [3.05, 3.63) is 52.8 Å². The van der Waals surface area contributed by atoms with Crippen molar-refractivity contribution in [2.75, 3.05) is 18.0 Å². The summed E-state index contributed by atoms with van der Waals surface area (Å²) in [6.07, 6.45) is 3.89. The van der Waals surface area contributed by atoms with Crippen LogP contribution in [0.3, 0.4) is 0 Å². The van der Waals surface area contributed by atoms with E-state index in [2.05, 4.69) is 20.3 Å². The number of rotatable bonds is 5. The number of oxazole rings is 1. The maximum absolute atomic E-state index is 12.2. The van der Waals surface area contributed by atoms with Crippen molar-refractivity contribution in [2.45, 2.75) is 25.9 Å². The van der Waals surface area contributed by atoms with Gasteiger partial charge in [-0.2, -0.15) is 5.10 Å². The largest absolute Gasteiger partial charge is 0.439 e. The quantitative estimate of drug-likeness (QED) is 0.743. The fourth-order valence-electron chi connectivity index (χ4n) is 3.05. The van der Waals surface area contributed by atoms with Crippen molar-refractivity contribution in [3.63, 3.8) is 0 Å². The highest BCUT2D eigenvalue weighted by Gasteiger charge is 2.14. The summed E-state index contributed by atoms with van der Waals surface area (Å²) < 4.78 is 6.70. The standard InChI is InChI=1S/C18H19N5O3/c24-16(19-11-17-21-14-5-1-2-6-15(14)26-17)12-23-18(25)9-13(10-20-23)22-7-3-4-8-22/h1-2,5-6,9-10H,3-4,7-8,11-12H2,(H,19,24). The highest BCUT2D eigenvalue weighted by atomic mass is 16.3. The molecule has 0 unspecified atom stereocenters. The summed E-state index contributed by atoms with van der Waals surface area (Å²) >= 11 is 0. The van der Waals surface area contributed by atoms with Crippen molar-refractivity contribution in [1.82, 2.24) is 20.1 Å². The van der Waals surface area contributed by atoms with E-state index in [4.69, 9.17) is 4.42 Å². The normalized spacial score (nSPS) is 14.1. The number of nitrogens with zero attached hydrogens (tertiary/aromatic N) is 4. The first kappa shape index (κ1) is 16.3. The van der Waals surface area contributed by atoms with Gasteiger partial charge < -0.3 is 14.6 Å². The Hall–Kier alpha value is -3.16. The fourth-order valence-corrected chi connectivity index (χ4v) is 3.05. The zero-order chi connectivity index (χ0) is 17.9. The van der Waals surface area contributed by atoms with Crippen molar-refractivity contribution in [3.8, 4) is 0 Å². The van der Waals surface area contributed by atoms with Crippen LogP contribution >= 0.6 is 0 Å². The van der Waals surface area contributed by atoms with Gasteiger partial charge in [-0.05, 0) is 25.0 Å². The number of carbonyl (C=O) groups is 1. The Morgan fingerprint density at radius 1 is 1.23 bits per heavy atom. The topological polar surface area (TPSA) is 93.3 Å². The summed E-state index contributed by atoms with van der Waals surface area (Å²) in [6.45, 7) is 1.90. The van der Waals surface area contributed by atoms with Gasteiger partial charge in [0.05, 0.1) is 18.4 Å². The molecule has 1 aliphatic rings. The number of nitrogens with one attached hydrogen (secondary N) is 1. The Labute approximate surface area is 149 Å². The molecule has 1 N–H and O–H groups in total. The Morgan fingerprint density at radius 3 is 2.81 bits per heavy atom. The van der Waals surface area contributed by atoms with Gasteiger partial charge in [0.2, 0.25) is 11.8 Å². The van der Waals surface area contributed by atoms with Gasteiger partial charge in [0.25, 0.3) is 5.56 Å². The second-order valence-corrected chi connectivity index (χ2v) is 6.26. The minimum atomic E-state index is -0.323. The van der Waals surface area contributed by atoms with E-state index in [9.17, 15) is 9.59 Å². The van der Waals surface area contributed by atoms with E-state index in [0.29, 0.717) is 11.5 Å². The van der Waals surface area contributed by atoms with Crippen molar-refractivity contribution in [1.29, 1.82) is 0 Å². The third-order valence-corrected chi connectivity index (χ3v) is 4.39. The van der Waals surface area contributed by atoms with Crippen LogP contribution in [0.1, 0.15) is 18.7 Å². The lowest BCUT2D eigenvalue weighted by atomic mass is 10.3. The third-order valence-electron chi connectivity index (χ3n) is 4.39. The number of anilines is 1. The van der Waals surface area contributed by atoms with Crippen LogP contribution in [0.4, 0.5) is 5.69 Å². The van der Waals surface area contributed by atoms with Gasteiger partial charge in [-0.1, -0.05) is 12.1 Å². The maximum Gasteiger partial charge on any atom is 0.269 e. The molecule has 0 spiro atoms. The zero-order valence-electron chi connectivity index (χ0n) is 14.2. The van der Waals surface area contributed by atoms with Crippen LogP contribution in [0.25, 0.3) is 11.1 Å². The zero-order valence-corrected chi connectivity index (χ0v) is 14.2. The molecule has 0 aliphatic carbocycles. The van der Waals surface area contributed by atoms with Crippen LogP contribution in [0.2, 0.25) is 0 Å². The Morgan fingerprint density at radius 2 is 2.04 bits per heavy atom. The van der Waals surface area contributed by atoms with Gasteiger partial charge in [0.15, 0.2) is 5.58 Å². The van der Waals surface area contributed by atoms with Gasteiger partial charge in [0.1, 0.15) is 12.1 Å². The van der Waals surface area contributed by atoms with E-state index in [1.807, 2.05) is 24.3 Å². The first-order chi connectivity index (χ1) is 12.7. The molecule has 1 aliphatic heterocycles. The lowest BCUT2D eigenvalue weighted by molar-refractivity contribution is -0.122. The molecule has 0 saturated carbocycles. The summed E-state index contributed by atoms with van der Waals surface area (Å²) in [4.78, 5) is 30.7. The number of hydrogen-bond acceptors (Lipinski definition) is 6. The molecule has 1 aromatic carbocycles. The molecule has 0 radical (unpaired) electrons. The molecule has 1 saturated heterocycles. The second kappa shape index (κ2) is 6.99. The molecule has 134 valence electrons. The predicted molar refractivity (Wildman–Crippen MR) is 95.8 cm³/mol. The summed E-state index contributed by atoms with van der Waals surface area (Å²) in [6, 6.07) is 8.93. The van der Waals surface area contributed by atoms with Crippen LogP contribution < -0.4 is 15.8 Å². The molecule has 1 amide bonds. The van der Waals surface area contributed by atoms with E-state index < -0.39 is 0 Å². The molecular formula is C18H19N5O3. The lowest BCUT2D eigenvalue weighted by Gasteiger charge is -2.16. The number of aromatic nitrogens is 3. The van der Waals surface area contributed by atoms with Crippen LogP contribution in [-0.4, -0.2) is 33.8 Å². The Kier molecular flexibility index (Phi) is 4.39. The number of benzene rings is 1. The van der Waals surface area contributed by atoms with Crippen molar-refractivity contribution >= 4 is 22.7 Å². The molecule has 26 heavy (non-hydrogen) atoms. The van der Waals surface area contributed by atoms with Crippen LogP contribution in [0.15, 0.2) is 45.7 Å². The minimum absolute atomic E-state index is 0.140. The van der Waals surface area contributed by atoms with Gasteiger partial charge in [0, 0.05) is 19.2 Å². The first-order valence-corrected chi connectivity index (χ1v) is 8.62. The van der Waals surface area contributed by atoms with Gasteiger partial charge in [-0.15, -0.1) is 0 Å². The van der Waals surface area contributed by atoms with Gasteiger partial charge >= 0.3 is 0 Å². The number of amides is 1. The average molecular weight is 353 g/mol. The summed E-state index contributed by atoms with van der Waals surface area (Å²) in [5, 5.41) is 6.82. The van der Waals surface area contributed by atoms with Gasteiger partial charge in [-0.25, -0.2) is 9.67 Å². The molecule has 3 aromatic rings. The monoisotopic (exact) mass is 353 g/mol. The van der Waals surface area contributed by atoms with Gasteiger partial charge in [-0.3, -0.25) is 9.59 Å². The molecule has 4 rings (SSSR count). The summed E-state index contributed by atoms with van der Waals surface area (Å²) in [7, 11) is 0. The fraction of sp³-hybridized carbons (Fsp3) is 0.333. The highest BCUT2D eigenvalue weighted by molar-refractivity contribution is 5.76. The maximum atomic E-state index is 12.2. The molecular weight excluding hydrogens is 334 g/mol. The summed E-state index contributed by atoms with van der Waals surface area (Å²) in [5.74, 6) is 0.0972. The van der Waals surface area contributed by atoms with Crippen LogP contribution in [0.5, 0.6) is 0 Å². The summed E-state index contributed by atoms with van der Waals surface area (Å²) in [5.41, 5.74) is 1.95. The average Bonchev–Trinajstić information content (AvgIpc) is 3.31. The molecule has 1 fully saturated rings. The number of para-hydroxylation sites is 2. The predicted octanol–water partition coefficient (Wildman–Crippen LogP) is 1.30. The second-order valence-electron chi connectivity index (χ2n) is 6.26. The number of hydrogen-bond donors (Lipinski definition) is 1. The Balaban J connectivity index is 1.37. The van der Waals surface area contributed by atoms with E-state index in [0.717, 1.165) is 41.8 Å². The van der Waals surface area contributed by atoms with E-state index in [1.165, 1.54) is 6.07 Å². The van der Waals surface area contributed by atoms with Crippen LogP contribution in [-0.2, 0) is 17.9 Å². The van der Waals surface area contributed by atoms with E-state index >= 15 is 0 Å². The van der Waals surface area contributed by atoms with E-state index in [1.54, 1.807) is 6.20 Å². The minimum Gasteiger partial charge on any atom is -0.439 e. The SMILES string of the molecule is O=C(Cn1ncc(N2CCCC2)cc1=O)NCc1nc2ccccc2o1. The Bertz CT molecular complexity index is 955. The van der Waals surface area contributed by atoms with Crippen molar-refractivity contribution < 1.29 is 9.21 Å². The molecule has 8 nitrogen and oxygen atoms in total. The molecule has 8 heteroatoms. The molecule has 0 bridgehead atoms. The first-order valence-electron chi connectivity index (χ1n) is 8.62. The lowest BCUT2D eigenvalue weighted by Crippen LogP contribution is -2.33. The van der Waals surface area contributed by atoms with Crippen molar-refractivity contribution in [2.24, 2.45) is 0 Å².